The number of nitrogens with one attached hydrogen (secondary N) is 1. The molecule has 2 aromatic carbocycles. The molecule has 2 atom stereocenters. The monoisotopic (exact) mass is 272 g/mol. The van der Waals surface area contributed by atoms with Gasteiger partial charge in [0.2, 0.25) is 0 Å². The van der Waals surface area contributed by atoms with E-state index in [4.69, 9.17) is 10.5 Å². The van der Waals surface area contributed by atoms with Crippen LogP contribution in [0.1, 0.15) is 5.56 Å². The zero-order valence-corrected chi connectivity index (χ0v) is 11.1. The first kappa shape index (κ1) is 12.9. The molecule has 3 rings (SSSR count). The van der Waals surface area contributed by atoms with Gasteiger partial charge in [0.05, 0.1) is 11.7 Å². The first-order chi connectivity index (χ1) is 9.72. The molecule has 1 heterocycles. The molecule has 1 aliphatic rings. The van der Waals surface area contributed by atoms with Crippen LogP contribution in [0.2, 0.25) is 0 Å². The molecule has 0 spiro atoms. The van der Waals surface area contributed by atoms with Crippen LogP contribution in [0.4, 0.5) is 10.1 Å². The topological polar surface area (TPSA) is 47.3 Å². The number of nitrogens with two attached hydrogens (primary N) is 1. The van der Waals surface area contributed by atoms with Crippen molar-refractivity contribution in [1.82, 2.24) is 0 Å². The Bertz CT molecular complexity index is 588. The number of hydrogen-bond acceptors (Lipinski definition) is 3. The Balaban J connectivity index is 1.82. The summed E-state index contributed by atoms with van der Waals surface area (Å²) in [6.45, 7) is 0.563. The summed E-state index contributed by atoms with van der Waals surface area (Å²) in [5, 5.41) is 3.14. The first-order valence-corrected chi connectivity index (χ1v) is 6.72. The van der Waals surface area contributed by atoms with Crippen LogP contribution in [-0.2, 0) is 6.42 Å². The molecule has 2 aromatic rings. The van der Waals surface area contributed by atoms with Crippen molar-refractivity contribution in [3.63, 3.8) is 0 Å². The Hall–Kier alpha value is -2.07. The number of hydrogen-bond donors (Lipinski definition) is 2. The summed E-state index contributed by atoms with van der Waals surface area (Å²) < 4.78 is 19.2. The lowest BCUT2D eigenvalue weighted by Crippen LogP contribution is -2.43. The third-order valence-electron chi connectivity index (χ3n) is 3.51. The van der Waals surface area contributed by atoms with Crippen LogP contribution in [0.5, 0.6) is 5.75 Å². The molecule has 0 unspecified atom stereocenters. The Morgan fingerprint density at radius 1 is 1.20 bits per heavy atom. The van der Waals surface area contributed by atoms with Gasteiger partial charge in [0, 0.05) is 19.0 Å². The minimum atomic E-state index is -0.282. The van der Waals surface area contributed by atoms with Crippen molar-refractivity contribution in [1.29, 1.82) is 0 Å². The molecule has 0 fully saturated rings. The molecule has 20 heavy (non-hydrogen) atoms. The van der Waals surface area contributed by atoms with Crippen molar-refractivity contribution in [3.8, 4) is 5.75 Å². The van der Waals surface area contributed by atoms with Crippen LogP contribution in [0.15, 0.2) is 48.5 Å². The lowest BCUT2D eigenvalue weighted by molar-refractivity contribution is 0.181. The number of rotatable bonds is 2. The van der Waals surface area contributed by atoms with Gasteiger partial charge in [-0.05, 0) is 17.7 Å². The molecule has 0 radical (unpaired) electrons. The molecule has 0 aromatic heterocycles. The third-order valence-corrected chi connectivity index (χ3v) is 3.51. The molecule has 104 valence electrons. The molecule has 0 saturated carbocycles. The Morgan fingerprint density at radius 3 is 2.80 bits per heavy atom. The lowest BCUT2D eigenvalue weighted by atomic mass is 10.0. The zero-order valence-electron chi connectivity index (χ0n) is 11.1. The van der Waals surface area contributed by atoms with E-state index in [0.717, 1.165) is 6.42 Å². The highest BCUT2D eigenvalue weighted by Crippen LogP contribution is 2.29. The molecule has 1 aliphatic heterocycles. The predicted molar refractivity (Wildman–Crippen MR) is 77.4 cm³/mol. The van der Waals surface area contributed by atoms with E-state index in [1.54, 1.807) is 6.07 Å². The number of benzene rings is 2. The molecule has 3 nitrogen and oxygen atoms in total. The molecule has 0 aliphatic carbocycles. The molecule has 0 saturated heterocycles. The number of anilines is 1. The summed E-state index contributed by atoms with van der Waals surface area (Å²) in [4.78, 5) is 0. The van der Waals surface area contributed by atoms with E-state index in [-0.39, 0.29) is 18.0 Å². The van der Waals surface area contributed by atoms with E-state index in [0.29, 0.717) is 18.0 Å². The van der Waals surface area contributed by atoms with E-state index >= 15 is 0 Å². The Morgan fingerprint density at radius 2 is 2.00 bits per heavy atom. The standard InChI is InChI=1S/C16H17FN2O/c17-12-6-7-15-14(9-12)19-10-13(18)16(20-15)8-11-4-2-1-3-5-11/h1-7,9,13,16,19H,8,10,18H2/t13-,16+/m0/s1. The Labute approximate surface area is 117 Å². The smallest absolute Gasteiger partial charge is 0.143 e. The fourth-order valence-corrected chi connectivity index (χ4v) is 2.39. The summed E-state index contributed by atoms with van der Waals surface area (Å²) in [7, 11) is 0. The maximum absolute atomic E-state index is 13.2. The summed E-state index contributed by atoms with van der Waals surface area (Å²) in [6, 6.07) is 14.4. The van der Waals surface area contributed by atoms with Crippen LogP contribution >= 0.6 is 0 Å². The molecule has 4 heteroatoms. The maximum atomic E-state index is 13.2. The first-order valence-electron chi connectivity index (χ1n) is 6.72. The SMILES string of the molecule is N[C@H]1CNc2cc(F)ccc2O[C@@H]1Cc1ccccc1. The zero-order chi connectivity index (χ0) is 13.9. The highest BCUT2D eigenvalue weighted by atomic mass is 19.1. The summed E-state index contributed by atoms with van der Waals surface area (Å²) in [5.41, 5.74) is 8.01. The van der Waals surface area contributed by atoms with Gasteiger partial charge < -0.3 is 15.8 Å². The summed E-state index contributed by atoms with van der Waals surface area (Å²) in [5.74, 6) is 0.371. The van der Waals surface area contributed by atoms with E-state index < -0.39 is 0 Å². The number of halogens is 1. The van der Waals surface area contributed by atoms with Crippen LogP contribution in [0.25, 0.3) is 0 Å². The second-order valence-corrected chi connectivity index (χ2v) is 5.03. The number of ether oxygens (including phenoxy) is 1. The van der Waals surface area contributed by atoms with Crippen LogP contribution in [0, 0.1) is 5.82 Å². The Kier molecular flexibility index (Phi) is 3.56. The van der Waals surface area contributed by atoms with Gasteiger partial charge in [0.15, 0.2) is 0 Å². The van der Waals surface area contributed by atoms with Gasteiger partial charge in [-0.25, -0.2) is 4.39 Å². The molecule has 0 amide bonds. The fourth-order valence-electron chi connectivity index (χ4n) is 2.39. The predicted octanol–water partition coefficient (Wildman–Crippen LogP) is 2.57. The van der Waals surface area contributed by atoms with Crippen molar-refractivity contribution >= 4 is 5.69 Å². The molecular formula is C16H17FN2O. The van der Waals surface area contributed by atoms with Gasteiger partial charge in [-0.2, -0.15) is 0 Å². The van der Waals surface area contributed by atoms with Crippen molar-refractivity contribution < 1.29 is 9.13 Å². The summed E-state index contributed by atoms with van der Waals surface area (Å²) >= 11 is 0. The van der Waals surface area contributed by atoms with Crippen molar-refractivity contribution in [2.75, 3.05) is 11.9 Å². The second kappa shape index (κ2) is 5.51. The normalized spacial score (nSPS) is 21.3. The third kappa shape index (κ3) is 2.75. The highest BCUT2D eigenvalue weighted by Gasteiger charge is 2.25. The van der Waals surface area contributed by atoms with E-state index in [1.807, 2.05) is 18.2 Å². The van der Waals surface area contributed by atoms with Gasteiger partial charge in [0.25, 0.3) is 0 Å². The van der Waals surface area contributed by atoms with Gasteiger partial charge in [-0.15, -0.1) is 0 Å². The van der Waals surface area contributed by atoms with Crippen LogP contribution < -0.4 is 15.8 Å². The minimum Gasteiger partial charge on any atom is -0.486 e. The second-order valence-electron chi connectivity index (χ2n) is 5.03. The van der Waals surface area contributed by atoms with E-state index in [9.17, 15) is 4.39 Å². The van der Waals surface area contributed by atoms with Gasteiger partial charge in [-0.1, -0.05) is 30.3 Å². The maximum Gasteiger partial charge on any atom is 0.143 e. The molecular weight excluding hydrogens is 255 g/mol. The quantitative estimate of drug-likeness (QED) is 0.883. The van der Waals surface area contributed by atoms with Crippen molar-refractivity contribution in [3.05, 3.63) is 59.9 Å². The molecule has 3 N–H and O–H groups in total. The fraction of sp³-hybridized carbons (Fsp3) is 0.250. The number of fused-ring (bicyclic) bond motifs is 1. The van der Waals surface area contributed by atoms with Gasteiger partial charge in [-0.3, -0.25) is 0 Å². The van der Waals surface area contributed by atoms with Crippen LogP contribution in [-0.4, -0.2) is 18.7 Å². The average Bonchev–Trinajstić information content (AvgIpc) is 2.61. The minimum absolute atomic E-state index is 0.128. The van der Waals surface area contributed by atoms with Crippen molar-refractivity contribution in [2.45, 2.75) is 18.6 Å². The lowest BCUT2D eigenvalue weighted by Gasteiger charge is -2.22. The van der Waals surface area contributed by atoms with E-state index in [1.165, 1.54) is 17.7 Å². The average molecular weight is 272 g/mol. The van der Waals surface area contributed by atoms with Gasteiger partial charge >= 0.3 is 0 Å². The highest BCUT2D eigenvalue weighted by molar-refractivity contribution is 5.57. The van der Waals surface area contributed by atoms with E-state index in [2.05, 4.69) is 17.4 Å². The largest absolute Gasteiger partial charge is 0.486 e. The van der Waals surface area contributed by atoms with Crippen molar-refractivity contribution in [2.24, 2.45) is 5.73 Å². The van der Waals surface area contributed by atoms with Crippen LogP contribution in [0.3, 0.4) is 0 Å². The summed E-state index contributed by atoms with van der Waals surface area (Å²) in [6.07, 6.45) is 0.608. The van der Waals surface area contributed by atoms with Gasteiger partial charge in [0.1, 0.15) is 17.7 Å². The molecule has 0 bridgehead atoms.